The molecule has 0 saturated heterocycles. The van der Waals surface area contributed by atoms with Crippen LogP contribution >= 0.6 is 0 Å². The summed E-state index contributed by atoms with van der Waals surface area (Å²) in [5, 5.41) is 19.0. The maximum Gasteiger partial charge on any atom is 0.183 e. The molecule has 1 aromatic carbocycles. The molecule has 22 heavy (non-hydrogen) atoms. The number of benzene rings is 1. The van der Waals surface area contributed by atoms with Crippen molar-refractivity contribution in [3.63, 3.8) is 0 Å². The van der Waals surface area contributed by atoms with E-state index in [4.69, 9.17) is 10.00 Å². The zero-order valence-electron chi connectivity index (χ0n) is 12.4. The minimum absolute atomic E-state index is 0.210. The fraction of sp³-hybridized carbons (Fsp3) is 0.312. The van der Waals surface area contributed by atoms with Crippen LogP contribution in [0.25, 0.3) is 0 Å². The van der Waals surface area contributed by atoms with Crippen LogP contribution in [-0.2, 0) is 11.3 Å². The first-order valence-electron chi connectivity index (χ1n) is 6.92. The molecule has 2 aromatic rings. The van der Waals surface area contributed by atoms with E-state index in [1.165, 1.54) is 12.4 Å². The van der Waals surface area contributed by atoms with E-state index in [2.05, 4.69) is 9.97 Å². The lowest BCUT2D eigenvalue weighted by Crippen LogP contribution is -2.33. The molecule has 0 fully saturated rings. The van der Waals surface area contributed by atoms with Crippen molar-refractivity contribution in [1.82, 2.24) is 9.97 Å². The number of ether oxygens (including phenoxy) is 1. The van der Waals surface area contributed by atoms with Crippen molar-refractivity contribution in [3.05, 3.63) is 54.0 Å². The van der Waals surface area contributed by atoms with Gasteiger partial charge in [-0.05, 0) is 5.56 Å². The molecule has 6 nitrogen and oxygen atoms in total. The number of nitrogens with zero attached hydrogens (tertiary/aromatic N) is 4. The summed E-state index contributed by atoms with van der Waals surface area (Å²) in [5.41, 5.74) is 1.30. The summed E-state index contributed by atoms with van der Waals surface area (Å²) in [6, 6.07) is 11.8. The molecule has 0 aliphatic rings. The summed E-state index contributed by atoms with van der Waals surface area (Å²) in [6.07, 6.45) is 2.31. The van der Waals surface area contributed by atoms with Crippen molar-refractivity contribution in [3.8, 4) is 6.07 Å². The summed E-state index contributed by atoms with van der Waals surface area (Å²) in [5.74, 6) is 0.451. The van der Waals surface area contributed by atoms with E-state index < -0.39 is 6.10 Å². The molecule has 2 rings (SSSR count). The molecule has 114 valence electrons. The Morgan fingerprint density at radius 3 is 2.73 bits per heavy atom. The fourth-order valence-corrected chi connectivity index (χ4v) is 2.03. The van der Waals surface area contributed by atoms with Crippen LogP contribution in [0.2, 0.25) is 0 Å². The second kappa shape index (κ2) is 8.08. The first-order chi connectivity index (χ1) is 10.7. The van der Waals surface area contributed by atoms with E-state index >= 15 is 0 Å². The van der Waals surface area contributed by atoms with Gasteiger partial charge in [-0.15, -0.1) is 0 Å². The Morgan fingerprint density at radius 2 is 2.00 bits per heavy atom. The molecule has 1 atom stereocenters. The highest BCUT2D eigenvalue weighted by Gasteiger charge is 2.14. The highest BCUT2D eigenvalue weighted by molar-refractivity contribution is 5.48. The van der Waals surface area contributed by atoms with E-state index in [0.29, 0.717) is 19.0 Å². The lowest BCUT2D eigenvalue weighted by atomic mass is 10.2. The van der Waals surface area contributed by atoms with Gasteiger partial charge in [-0.1, -0.05) is 30.3 Å². The number of rotatable bonds is 7. The summed E-state index contributed by atoms with van der Waals surface area (Å²) < 4.78 is 5.50. The molecule has 0 aliphatic carbocycles. The third-order valence-electron chi connectivity index (χ3n) is 3.05. The standard InChI is InChI=1S/C16H18N4O2/c1-20(16-15(9-17)18-7-8-19-16)10-14(21)12-22-11-13-5-3-2-4-6-13/h2-8,14,21H,10-12H2,1H3. The van der Waals surface area contributed by atoms with Crippen LogP contribution in [0.5, 0.6) is 0 Å². The normalized spacial score (nSPS) is 11.7. The number of aliphatic hydroxyl groups excluding tert-OH is 1. The first kappa shape index (κ1) is 15.9. The van der Waals surface area contributed by atoms with E-state index in [1.807, 2.05) is 36.4 Å². The Balaban J connectivity index is 1.81. The molecule has 1 heterocycles. The summed E-state index contributed by atoms with van der Waals surface area (Å²) in [4.78, 5) is 9.77. The van der Waals surface area contributed by atoms with E-state index in [9.17, 15) is 5.11 Å². The molecular weight excluding hydrogens is 280 g/mol. The Bertz CT molecular complexity index is 628. The molecule has 0 saturated carbocycles. The van der Waals surface area contributed by atoms with Crippen LogP contribution < -0.4 is 4.90 Å². The zero-order chi connectivity index (χ0) is 15.8. The van der Waals surface area contributed by atoms with Gasteiger partial charge in [-0.25, -0.2) is 9.97 Å². The van der Waals surface area contributed by atoms with Crippen molar-refractivity contribution in [2.24, 2.45) is 0 Å². The summed E-state index contributed by atoms with van der Waals surface area (Å²) in [6.45, 7) is 0.972. The lowest BCUT2D eigenvalue weighted by molar-refractivity contribution is 0.0324. The molecule has 0 amide bonds. The smallest absolute Gasteiger partial charge is 0.183 e. The Labute approximate surface area is 129 Å². The second-order valence-corrected chi connectivity index (χ2v) is 4.88. The molecule has 0 bridgehead atoms. The SMILES string of the molecule is CN(CC(O)COCc1ccccc1)c1nccnc1C#N. The van der Waals surface area contributed by atoms with E-state index in [1.54, 1.807) is 11.9 Å². The van der Waals surface area contributed by atoms with Gasteiger partial charge in [-0.2, -0.15) is 5.26 Å². The number of aromatic nitrogens is 2. The molecule has 1 N–H and O–H groups in total. The quantitative estimate of drug-likeness (QED) is 0.831. The molecule has 0 spiro atoms. The van der Waals surface area contributed by atoms with E-state index in [-0.39, 0.29) is 12.3 Å². The summed E-state index contributed by atoms with van der Waals surface area (Å²) in [7, 11) is 1.76. The minimum Gasteiger partial charge on any atom is -0.389 e. The third-order valence-corrected chi connectivity index (χ3v) is 3.05. The zero-order valence-corrected chi connectivity index (χ0v) is 12.4. The number of hydrogen-bond acceptors (Lipinski definition) is 6. The topological polar surface area (TPSA) is 82.3 Å². The Kier molecular flexibility index (Phi) is 5.83. The molecular formula is C16H18N4O2. The van der Waals surface area contributed by atoms with Gasteiger partial charge < -0.3 is 14.7 Å². The van der Waals surface area contributed by atoms with Crippen LogP contribution in [0.1, 0.15) is 11.3 Å². The highest BCUT2D eigenvalue weighted by Crippen LogP contribution is 2.12. The van der Waals surface area contributed by atoms with Gasteiger partial charge >= 0.3 is 0 Å². The summed E-state index contributed by atoms with van der Waals surface area (Å²) >= 11 is 0. The fourth-order valence-electron chi connectivity index (χ4n) is 2.03. The van der Waals surface area contributed by atoms with Crippen molar-refractivity contribution >= 4 is 5.82 Å². The van der Waals surface area contributed by atoms with Crippen LogP contribution in [0.4, 0.5) is 5.82 Å². The maximum atomic E-state index is 10.0. The minimum atomic E-state index is -0.678. The predicted molar refractivity (Wildman–Crippen MR) is 82.1 cm³/mol. The van der Waals surface area contributed by atoms with Crippen molar-refractivity contribution < 1.29 is 9.84 Å². The number of hydrogen-bond donors (Lipinski definition) is 1. The van der Waals surface area contributed by atoms with Crippen molar-refractivity contribution in [2.75, 3.05) is 25.1 Å². The van der Waals surface area contributed by atoms with Gasteiger partial charge in [0.15, 0.2) is 11.5 Å². The average Bonchev–Trinajstić information content (AvgIpc) is 2.55. The number of nitriles is 1. The van der Waals surface area contributed by atoms with Crippen molar-refractivity contribution in [2.45, 2.75) is 12.7 Å². The number of aliphatic hydroxyl groups is 1. The predicted octanol–water partition coefficient (Wildman–Crippen LogP) is 1.36. The molecule has 0 aliphatic heterocycles. The number of anilines is 1. The van der Waals surface area contributed by atoms with Gasteiger partial charge in [0.1, 0.15) is 6.07 Å². The van der Waals surface area contributed by atoms with Crippen LogP contribution in [0, 0.1) is 11.3 Å². The first-order valence-corrected chi connectivity index (χ1v) is 6.92. The van der Waals surface area contributed by atoms with Gasteiger partial charge in [0.25, 0.3) is 0 Å². The largest absolute Gasteiger partial charge is 0.389 e. The highest BCUT2D eigenvalue weighted by atomic mass is 16.5. The molecule has 6 heteroatoms. The maximum absolute atomic E-state index is 10.0. The monoisotopic (exact) mass is 298 g/mol. The number of likely N-dealkylation sites (N-methyl/N-ethyl adjacent to an activating group) is 1. The van der Waals surface area contributed by atoms with Gasteiger partial charge in [-0.3, -0.25) is 0 Å². The van der Waals surface area contributed by atoms with E-state index in [0.717, 1.165) is 5.56 Å². The third kappa shape index (κ3) is 4.52. The van der Waals surface area contributed by atoms with Crippen LogP contribution in [-0.4, -0.2) is 41.4 Å². The van der Waals surface area contributed by atoms with Crippen LogP contribution in [0.3, 0.4) is 0 Å². The molecule has 1 aromatic heterocycles. The Hall–Kier alpha value is -2.49. The van der Waals surface area contributed by atoms with Gasteiger partial charge in [0, 0.05) is 26.0 Å². The van der Waals surface area contributed by atoms with Gasteiger partial charge in [0.05, 0.1) is 19.3 Å². The second-order valence-electron chi connectivity index (χ2n) is 4.88. The average molecular weight is 298 g/mol. The Morgan fingerprint density at radius 1 is 1.27 bits per heavy atom. The molecule has 0 radical (unpaired) electrons. The molecule has 1 unspecified atom stereocenters. The van der Waals surface area contributed by atoms with Gasteiger partial charge in [0.2, 0.25) is 0 Å². The lowest BCUT2D eigenvalue weighted by Gasteiger charge is -2.21. The van der Waals surface area contributed by atoms with Crippen molar-refractivity contribution in [1.29, 1.82) is 5.26 Å². The van der Waals surface area contributed by atoms with Crippen LogP contribution in [0.15, 0.2) is 42.7 Å².